The van der Waals surface area contributed by atoms with Gasteiger partial charge in [0.25, 0.3) is 0 Å². The van der Waals surface area contributed by atoms with Crippen LogP contribution < -0.4 is 16.0 Å². The molecule has 0 aromatic heterocycles. The Bertz CT molecular complexity index is 464. The van der Waals surface area contributed by atoms with Crippen LogP contribution in [0, 0.1) is 5.82 Å². The van der Waals surface area contributed by atoms with Gasteiger partial charge in [0, 0.05) is 6.54 Å². The fourth-order valence-electron chi connectivity index (χ4n) is 1.79. The van der Waals surface area contributed by atoms with Gasteiger partial charge in [-0.1, -0.05) is 12.1 Å². The molecule has 0 bridgehead atoms. The van der Waals surface area contributed by atoms with Crippen molar-refractivity contribution in [2.75, 3.05) is 11.9 Å². The minimum Gasteiger partial charge on any atom is -0.354 e. The normalized spacial score (nSPS) is 18.9. The van der Waals surface area contributed by atoms with Gasteiger partial charge in [0.15, 0.2) is 0 Å². The average Bonchev–Trinajstić information content (AvgIpc) is 2.35. The molecule has 0 spiro atoms. The van der Waals surface area contributed by atoms with Gasteiger partial charge < -0.3 is 16.0 Å². The fourth-order valence-corrected chi connectivity index (χ4v) is 1.79. The molecule has 0 aliphatic carbocycles. The molecule has 5 nitrogen and oxygen atoms in total. The molecule has 3 amide bonds. The monoisotopic (exact) mass is 251 g/mol. The topological polar surface area (TPSA) is 70.2 Å². The van der Waals surface area contributed by atoms with E-state index in [1.54, 1.807) is 6.07 Å². The average molecular weight is 251 g/mol. The summed E-state index contributed by atoms with van der Waals surface area (Å²) in [6, 6.07) is 4.73. The summed E-state index contributed by atoms with van der Waals surface area (Å²) in [7, 11) is 0. The third-order valence-corrected chi connectivity index (χ3v) is 2.71. The van der Waals surface area contributed by atoms with E-state index in [2.05, 4.69) is 16.0 Å². The Balaban J connectivity index is 1.92. The Morgan fingerprint density at radius 3 is 2.89 bits per heavy atom. The van der Waals surface area contributed by atoms with Crippen molar-refractivity contribution >= 4 is 17.6 Å². The van der Waals surface area contributed by atoms with Crippen molar-refractivity contribution in [2.45, 2.75) is 18.9 Å². The van der Waals surface area contributed by atoms with Crippen LogP contribution in [-0.2, 0) is 4.79 Å². The van der Waals surface area contributed by atoms with Crippen molar-refractivity contribution in [3.8, 4) is 0 Å². The summed E-state index contributed by atoms with van der Waals surface area (Å²) in [5.74, 6) is -0.717. The molecule has 1 aromatic rings. The highest BCUT2D eigenvalue weighted by Crippen LogP contribution is 2.12. The lowest BCUT2D eigenvalue weighted by molar-refractivity contribution is -0.124. The van der Waals surface area contributed by atoms with Gasteiger partial charge in [-0.05, 0) is 25.0 Å². The summed E-state index contributed by atoms with van der Waals surface area (Å²) in [6.07, 6.45) is 1.41. The predicted octanol–water partition coefficient (Wildman–Crippen LogP) is 1.23. The molecule has 18 heavy (non-hydrogen) atoms. The Morgan fingerprint density at radius 1 is 1.39 bits per heavy atom. The van der Waals surface area contributed by atoms with Crippen LogP contribution in [0.2, 0.25) is 0 Å². The molecule has 1 aliphatic rings. The van der Waals surface area contributed by atoms with Gasteiger partial charge in [0.1, 0.15) is 11.9 Å². The third-order valence-electron chi connectivity index (χ3n) is 2.71. The van der Waals surface area contributed by atoms with Crippen molar-refractivity contribution < 1.29 is 14.0 Å². The van der Waals surface area contributed by atoms with Gasteiger partial charge in [-0.15, -0.1) is 0 Å². The molecule has 96 valence electrons. The second kappa shape index (κ2) is 5.48. The summed E-state index contributed by atoms with van der Waals surface area (Å²) in [4.78, 5) is 23.0. The van der Waals surface area contributed by atoms with Gasteiger partial charge in [-0.2, -0.15) is 0 Å². The van der Waals surface area contributed by atoms with Crippen LogP contribution in [-0.4, -0.2) is 24.5 Å². The Hall–Kier alpha value is -2.11. The largest absolute Gasteiger partial charge is 0.354 e. The number of rotatable bonds is 2. The first-order valence-corrected chi connectivity index (χ1v) is 5.76. The molecule has 1 atom stereocenters. The fraction of sp³-hybridized carbons (Fsp3) is 0.333. The first-order chi connectivity index (χ1) is 8.66. The third kappa shape index (κ3) is 2.97. The number of halogens is 1. The van der Waals surface area contributed by atoms with Crippen LogP contribution >= 0.6 is 0 Å². The Morgan fingerprint density at radius 2 is 2.17 bits per heavy atom. The highest BCUT2D eigenvalue weighted by molar-refractivity contribution is 5.93. The molecular weight excluding hydrogens is 237 g/mol. The number of nitrogens with one attached hydrogen (secondary N) is 3. The quantitative estimate of drug-likeness (QED) is 0.739. The minimum atomic E-state index is -0.581. The van der Waals surface area contributed by atoms with Crippen molar-refractivity contribution in [3.63, 3.8) is 0 Å². The van der Waals surface area contributed by atoms with E-state index in [1.807, 2.05) is 0 Å². The number of amides is 3. The van der Waals surface area contributed by atoms with E-state index in [0.717, 1.165) is 6.42 Å². The highest BCUT2D eigenvalue weighted by Gasteiger charge is 2.23. The van der Waals surface area contributed by atoms with Crippen LogP contribution in [0.15, 0.2) is 24.3 Å². The number of benzene rings is 1. The summed E-state index contributed by atoms with van der Waals surface area (Å²) >= 11 is 0. The van der Waals surface area contributed by atoms with Gasteiger partial charge in [0.2, 0.25) is 5.91 Å². The van der Waals surface area contributed by atoms with Crippen LogP contribution in [0.3, 0.4) is 0 Å². The van der Waals surface area contributed by atoms with Crippen LogP contribution in [0.5, 0.6) is 0 Å². The van der Waals surface area contributed by atoms with Gasteiger partial charge in [-0.3, -0.25) is 4.79 Å². The van der Waals surface area contributed by atoms with Crippen LogP contribution in [0.1, 0.15) is 12.8 Å². The second-order valence-corrected chi connectivity index (χ2v) is 4.06. The first kappa shape index (κ1) is 12.3. The molecule has 6 heteroatoms. The van der Waals surface area contributed by atoms with E-state index in [4.69, 9.17) is 0 Å². The van der Waals surface area contributed by atoms with E-state index < -0.39 is 17.9 Å². The van der Waals surface area contributed by atoms with E-state index in [1.165, 1.54) is 18.2 Å². The zero-order chi connectivity index (χ0) is 13.0. The summed E-state index contributed by atoms with van der Waals surface area (Å²) < 4.78 is 13.3. The zero-order valence-electron chi connectivity index (χ0n) is 9.70. The van der Waals surface area contributed by atoms with Crippen LogP contribution in [0.25, 0.3) is 0 Å². The van der Waals surface area contributed by atoms with E-state index in [9.17, 15) is 14.0 Å². The molecule has 0 saturated carbocycles. The maximum absolute atomic E-state index is 13.3. The van der Waals surface area contributed by atoms with Crippen molar-refractivity contribution in [2.24, 2.45) is 0 Å². The number of urea groups is 1. The zero-order valence-corrected chi connectivity index (χ0v) is 9.70. The lowest BCUT2D eigenvalue weighted by Gasteiger charge is -2.22. The number of piperidine rings is 1. The molecule has 1 heterocycles. The number of carbonyl (C=O) groups is 2. The SMILES string of the molecule is O=C(Nc1ccccc1F)N[C@H]1CCCNC1=O. The predicted molar refractivity (Wildman–Crippen MR) is 64.6 cm³/mol. The van der Waals surface area contributed by atoms with Gasteiger partial charge >= 0.3 is 6.03 Å². The highest BCUT2D eigenvalue weighted by atomic mass is 19.1. The van der Waals surface area contributed by atoms with Crippen molar-refractivity contribution in [3.05, 3.63) is 30.1 Å². The number of para-hydroxylation sites is 1. The summed E-state index contributed by atoms with van der Waals surface area (Å²) in [5.41, 5.74) is 0.0891. The van der Waals surface area contributed by atoms with Gasteiger partial charge in [-0.25, -0.2) is 9.18 Å². The lowest BCUT2D eigenvalue weighted by atomic mass is 10.1. The number of anilines is 1. The Labute approximate surface area is 104 Å². The number of hydrogen-bond donors (Lipinski definition) is 3. The maximum Gasteiger partial charge on any atom is 0.319 e. The van der Waals surface area contributed by atoms with E-state index in [0.29, 0.717) is 13.0 Å². The minimum absolute atomic E-state index is 0.0891. The lowest BCUT2D eigenvalue weighted by Crippen LogP contribution is -2.51. The molecule has 1 aromatic carbocycles. The van der Waals surface area contributed by atoms with Gasteiger partial charge in [0.05, 0.1) is 5.69 Å². The number of carbonyl (C=O) groups excluding carboxylic acids is 2. The number of hydrogen-bond acceptors (Lipinski definition) is 2. The Kier molecular flexibility index (Phi) is 3.76. The van der Waals surface area contributed by atoms with E-state index >= 15 is 0 Å². The van der Waals surface area contributed by atoms with Crippen molar-refractivity contribution in [1.29, 1.82) is 0 Å². The van der Waals surface area contributed by atoms with E-state index in [-0.39, 0.29) is 11.6 Å². The van der Waals surface area contributed by atoms with Crippen LogP contribution in [0.4, 0.5) is 14.9 Å². The second-order valence-electron chi connectivity index (χ2n) is 4.06. The molecule has 2 rings (SSSR count). The molecule has 0 radical (unpaired) electrons. The molecule has 1 aliphatic heterocycles. The molecule has 1 saturated heterocycles. The standard InChI is InChI=1S/C12H14FN3O2/c13-8-4-1-2-5-9(8)15-12(18)16-10-6-3-7-14-11(10)17/h1-2,4-5,10H,3,6-7H2,(H,14,17)(H2,15,16,18)/t10-/m0/s1. The maximum atomic E-state index is 13.3. The summed E-state index contributed by atoms with van der Waals surface area (Å²) in [5, 5.41) is 7.55. The smallest absolute Gasteiger partial charge is 0.319 e. The molecule has 1 fully saturated rings. The molecular formula is C12H14FN3O2. The first-order valence-electron chi connectivity index (χ1n) is 5.76. The molecule has 3 N–H and O–H groups in total. The van der Waals surface area contributed by atoms with Crippen molar-refractivity contribution in [1.82, 2.24) is 10.6 Å². The summed E-state index contributed by atoms with van der Waals surface area (Å²) in [6.45, 7) is 0.631. The molecule has 0 unspecified atom stereocenters.